The summed E-state index contributed by atoms with van der Waals surface area (Å²) in [7, 11) is 0. The highest BCUT2D eigenvalue weighted by molar-refractivity contribution is 5.80. The van der Waals surface area contributed by atoms with Crippen molar-refractivity contribution in [3.63, 3.8) is 0 Å². The van der Waals surface area contributed by atoms with Crippen LogP contribution in [0.3, 0.4) is 0 Å². The number of hydrogen-bond acceptors (Lipinski definition) is 9. The minimum Gasteiger partial charge on any atom is -0.394 e. The van der Waals surface area contributed by atoms with E-state index in [1.54, 1.807) is 6.08 Å². The molecule has 10 heteroatoms. The van der Waals surface area contributed by atoms with Gasteiger partial charge in [-0.05, 0) is 32.1 Å². The third-order valence-electron chi connectivity index (χ3n) is 15.6. The molecule has 0 radical (unpaired) electrons. The van der Waals surface area contributed by atoms with E-state index in [2.05, 4.69) is 31.3 Å². The molecule has 1 amide bonds. The van der Waals surface area contributed by atoms with Crippen molar-refractivity contribution in [2.45, 2.75) is 365 Å². The fourth-order valence-corrected chi connectivity index (χ4v) is 10.5. The largest absolute Gasteiger partial charge is 0.394 e. The molecule has 1 fully saturated rings. The zero-order valence-electron chi connectivity index (χ0n) is 48.5. The van der Waals surface area contributed by atoms with E-state index in [4.69, 9.17) is 9.47 Å². The molecule has 0 aromatic heterocycles. The van der Waals surface area contributed by atoms with Crippen molar-refractivity contribution in [1.29, 1.82) is 0 Å². The molecule has 1 aliphatic heterocycles. The van der Waals surface area contributed by atoms with Gasteiger partial charge in [0.05, 0.1) is 25.4 Å². The Bertz CT molecular complexity index is 1230. The first-order chi connectivity index (χ1) is 36.3. The number of aliphatic hydroxyl groups is 6. The molecule has 1 saturated heterocycles. The van der Waals surface area contributed by atoms with Crippen molar-refractivity contribution >= 4 is 5.91 Å². The van der Waals surface area contributed by atoms with Gasteiger partial charge in [-0.15, -0.1) is 0 Å². The van der Waals surface area contributed by atoms with E-state index in [0.29, 0.717) is 12.8 Å². The maximum atomic E-state index is 13.1. The average molecular weight is 1050 g/mol. The summed E-state index contributed by atoms with van der Waals surface area (Å²) in [5.74, 6) is -0.620. The lowest BCUT2D eigenvalue weighted by atomic mass is 9.99. The van der Waals surface area contributed by atoms with Crippen LogP contribution in [-0.2, 0) is 14.3 Å². The van der Waals surface area contributed by atoms with Gasteiger partial charge < -0.3 is 45.4 Å². The number of nitrogens with one attached hydrogen (secondary N) is 1. The Morgan fingerprint density at radius 2 is 0.797 bits per heavy atom. The number of amides is 1. The Balaban J connectivity index is 2.12. The highest BCUT2D eigenvalue weighted by Crippen LogP contribution is 2.23. The second-order valence-corrected chi connectivity index (χ2v) is 22.7. The number of hydrogen-bond donors (Lipinski definition) is 7. The van der Waals surface area contributed by atoms with Crippen LogP contribution in [0.4, 0.5) is 0 Å². The van der Waals surface area contributed by atoms with Gasteiger partial charge in [-0.2, -0.15) is 0 Å². The Morgan fingerprint density at radius 3 is 1.18 bits per heavy atom. The molecule has 8 atom stereocenters. The monoisotopic (exact) mass is 1050 g/mol. The molecule has 1 heterocycles. The van der Waals surface area contributed by atoms with E-state index >= 15 is 0 Å². The van der Waals surface area contributed by atoms with Crippen LogP contribution < -0.4 is 5.32 Å². The molecule has 0 spiro atoms. The summed E-state index contributed by atoms with van der Waals surface area (Å²) in [5, 5.41) is 65.0. The second kappa shape index (κ2) is 53.6. The SMILES string of the molecule is CCCCCCCCCCC/C=C/CC/C=C/C(O)C(COC1OC(CO)C(O)C(O)C1O)NC(=O)C(O)CCCCCCCCCCCCCCCCCCCCCCCCCCCCCCCCCCCC. The number of allylic oxidation sites excluding steroid dienone is 3. The predicted octanol–water partition coefficient (Wildman–Crippen LogP) is 15.5. The molecule has 0 bridgehead atoms. The Labute approximate surface area is 456 Å². The van der Waals surface area contributed by atoms with Crippen molar-refractivity contribution in [2.75, 3.05) is 13.2 Å². The molecule has 7 N–H and O–H groups in total. The van der Waals surface area contributed by atoms with Gasteiger partial charge >= 0.3 is 0 Å². The molecular formula is C64H123NO9. The first-order valence-electron chi connectivity index (χ1n) is 32.2. The maximum Gasteiger partial charge on any atom is 0.249 e. The van der Waals surface area contributed by atoms with Crippen LogP contribution in [0.2, 0.25) is 0 Å². The number of carbonyl (C=O) groups is 1. The number of ether oxygens (including phenoxy) is 2. The summed E-state index contributed by atoms with van der Waals surface area (Å²) in [5.41, 5.74) is 0. The van der Waals surface area contributed by atoms with E-state index in [1.807, 2.05) is 6.08 Å². The zero-order chi connectivity index (χ0) is 53.8. The molecule has 8 unspecified atom stereocenters. The fourth-order valence-electron chi connectivity index (χ4n) is 10.5. The summed E-state index contributed by atoms with van der Waals surface area (Å²) < 4.78 is 11.2. The fraction of sp³-hybridized carbons (Fsp3) is 0.922. The topological polar surface area (TPSA) is 169 Å². The second-order valence-electron chi connectivity index (χ2n) is 22.7. The molecule has 1 aliphatic rings. The average Bonchev–Trinajstić information content (AvgIpc) is 3.40. The third kappa shape index (κ3) is 41.7. The van der Waals surface area contributed by atoms with Crippen LogP contribution in [0.15, 0.2) is 24.3 Å². The number of rotatable bonds is 56. The molecule has 10 nitrogen and oxygen atoms in total. The summed E-state index contributed by atoms with van der Waals surface area (Å²) in [4.78, 5) is 13.1. The first kappa shape index (κ1) is 70.6. The highest BCUT2D eigenvalue weighted by Gasteiger charge is 2.44. The van der Waals surface area contributed by atoms with Crippen molar-refractivity contribution in [2.24, 2.45) is 0 Å². The first-order valence-corrected chi connectivity index (χ1v) is 32.2. The summed E-state index contributed by atoms with van der Waals surface area (Å²) in [6.07, 6.45) is 58.9. The van der Waals surface area contributed by atoms with Crippen molar-refractivity contribution in [3.8, 4) is 0 Å². The molecule has 438 valence electrons. The van der Waals surface area contributed by atoms with E-state index in [9.17, 15) is 35.4 Å². The van der Waals surface area contributed by atoms with E-state index in [1.165, 1.54) is 250 Å². The van der Waals surface area contributed by atoms with Crippen molar-refractivity contribution < 1.29 is 44.9 Å². The van der Waals surface area contributed by atoms with Crippen LogP contribution in [-0.4, -0.2) is 98.7 Å². The van der Waals surface area contributed by atoms with Crippen molar-refractivity contribution in [1.82, 2.24) is 5.32 Å². The predicted molar refractivity (Wildman–Crippen MR) is 310 cm³/mol. The summed E-state index contributed by atoms with van der Waals surface area (Å²) >= 11 is 0. The molecular weight excluding hydrogens is 927 g/mol. The molecule has 74 heavy (non-hydrogen) atoms. The van der Waals surface area contributed by atoms with Gasteiger partial charge in [0.2, 0.25) is 5.91 Å². The van der Waals surface area contributed by atoms with Crippen LogP contribution >= 0.6 is 0 Å². The van der Waals surface area contributed by atoms with Crippen LogP contribution in [0.25, 0.3) is 0 Å². The Morgan fingerprint density at radius 1 is 0.459 bits per heavy atom. The van der Waals surface area contributed by atoms with E-state index < -0.39 is 61.5 Å². The van der Waals surface area contributed by atoms with Gasteiger partial charge in [-0.25, -0.2) is 0 Å². The normalized spacial score (nSPS) is 19.5. The van der Waals surface area contributed by atoms with Gasteiger partial charge in [0.25, 0.3) is 0 Å². The minimum atomic E-state index is -1.61. The number of unbranched alkanes of at least 4 members (excludes halogenated alkanes) is 43. The smallest absolute Gasteiger partial charge is 0.249 e. The standard InChI is InChI=1S/C64H123NO9/c1-3-5-7-9-11-13-15-17-19-20-21-22-23-24-25-26-27-28-29-30-31-32-33-34-35-36-37-39-41-43-45-47-49-51-53-58(68)63(72)65-56(55-73-64-62(71)61(70)60(69)59(54-66)74-64)57(67)52-50-48-46-44-42-40-38-18-16-14-12-10-8-6-4-2/h42,44,50,52,56-62,64,66-71H,3-41,43,45-49,51,53-55H2,1-2H3,(H,65,72)/b44-42+,52-50+. The lowest BCUT2D eigenvalue weighted by Crippen LogP contribution is -2.60. The highest BCUT2D eigenvalue weighted by atomic mass is 16.7. The van der Waals surface area contributed by atoms with Crippen molar-refractivity contribution in [3.05, 3.63) is 24.3 Å². The van der Waals surface area contributed by atoms with Gasteiger partial charge in [0, 0.05) is 0 Å². The lowest BCUT2D eigenvalue weighted by Gasteiger charge is -2.40. The summed E-state index contributed by atoms with van der Waals surface area (Å²) in [6, 6.07) is -0.994. The van der Waals surface area contributed by atoms with E-state index in [0.717, 1.165) is 38.5 Å². The molecule has 1 rings (SSSR count). The number of carbonyl (C=O) groups excluding carboxylic acids is 1. The van der Waals surface area contributed by atoms with E-state index in [-0.39, 0.29) is 6.61 Å². The molecule has 0 aliphatic carbocycles. The zero-order valence-corrected chi connectivity index (χ0v) is 48.5. The Kier molecular flexibility index (Phi) is 51.2. The lowest BCUT2D eigenvalue weighted by molar-refractivity contribution is -0.302. The maximum absolute atomic E-state index is 13.1. The third-order valence-corrected chi connectivity index (χ3v) is 15.6. The van der Waals surface area contributed by atoms with Crippen LogP contribution in [0, 0.1) is 0 Å². The molecule has 0 aromatic carbocycles. The minimum absolute atomic E-state index is 0.309. The molecule has 0 aromatic rings. The van der Waals surface area contributed by atoms with Gasteiger partial charge in [-0.3, -0.25) is 4.79 Å². The quantitative estimate of drug-likeness (QED) is 0.0232. The number of aliphatic hydroxyl groups excluding tert-OH is 6. The molecule has 0 saturated carbocycles. The van der Waals surface area contributed by atoms with Gasteiger partial charge in [-0.1, -0.05) is 308 Å². The Hall–Kier alpha value is -1.37. The van der Waals surface area contributed by atoms with Crippen LogP contribution in [0.5, 0.6) is 0 Å². The summed E-state index contributed by atoms with van der Waals surface area (Å²) in [6.45, 7) is 3.63. The van der Waals surface area contributed by atoms with Gasteiger partial charge in [0.15, 0.2) is 6.29 Å². The van der Waals surface area contributed by atoms with Gasteiger partial charge in [0.1, 0.15) is 30.5 Å². The van der Waals surface area contributed by atoms with Crippen LogP contribution in [0.1, 0.15) is 316 Å².